The summed E-state index contributed by atoms with van der Waals surface area (Å²) in [4.78, 5) is 8.39. The lowest BCUT2D eigenvalue weighted by molar-refractivity contribution is 0.602. The highest BCUT2D eigenvalue weighted by Gasteiger charge is 2.10. The van der Waals surface area contributed by atoms with Crippen LogP contribution in [0.2, 0.25) is 0 Å². The Morgan fingerprint density at radius 3 is 2.67 bits per heavy atom. The molecule has 5 heteroatoms. The van der Waals surface area contributed by atoms with Gasteiger partial charge in [-0.25, -0.2) is 18.7 Å². The first-order valence-electron chi connectivity index (χ1n) is 5.60. The van der Waals surface area contributed by atoms with Crippen LogP contribution in [0.15, 0.2) is 24.3 Å². The van der Waals surface area contributed by atoms with Crippen LogP contribution in [0.25, 0.3) is 11.3 Å². The molecule has 94 valence electrons. The third-order valence-corrected chi connectivity index (χ3v) is 2.47. The van der Waals surface area contributed by atoms with Gasteiger partial charge in [-0.05, 0) is 37.7 Å². The molecular formula is C13H13F2N3. The van der Waals surface area contributed by atoms with Crippen LogP contribution >= 0.6 is 0 Å². The minimum Gasteiger partial charge on any atom is -0.330 e. The Bertz CT molecular complexity index is 570. The summed E-state index contributed by atoms with van der Waals surface area (Å²) in [5.41, 5.74) is 6.66. The molecule has 0 aliphatic carbocycles. The summed E-state index contributed by atoms with van der Waals surface area (Å²) < 4.78 is 26.8. The van der Waals surface area contributed by atoms with Crippen molar-refractivity contribution < 1.29 is 8.78 Å². The standard InChI is InChI=1S/C13H13F2N3/c1-8-6-12(18-13(17-8)4-5-16)10-7-9(14)2-3-11(10)15/h2-3,6-7H,4-5,16H2,1H3. The van der Waals surface area contributed by atoms with Crippen molar-refractivity contribution in [2.24, 2.45) is 5.73 Å². The van der Waals surface area contributed by atoms with Crippen LogP contribution in [0.4, 0.5) is 8.78 Å². The van der Waals surface area contributed by atoms with Crippen LogP contribution in [0.1, 0.15) is 11.5 Å². The molecule has 0 saturated heterocycles. The smallest absolute Gasteiger partial charge is 0.132 e. The van der Waals surface area contributed by atoms with Gasteiger partial charge in [-0.1, -0.05) is 0 Å². The maximum Gasteiger partial charge on any atom is 0.132 e. The minimum atomic E-state index is -0.506. The summed E-state index contributed by atoms with van der Waals surface area (Å²) in [5, 5.41) is 0. The van der Waals surface area contributed by atoms with Crippen molar-refractivity contribution in [2.75, 3.05) is 6.54 Å². The van der Waals surface area contributed by atoms with Crippen molar-refractivity contribution in [1.82, 2.24) is 9.97 Å². The van der Waals surface area contributed by atoms with E-state index in [1.807, 2.05) is 0 Å². The fourth-order valence-electron chi connectivity index (χ4n) is 1.70. The average Bonchev–Trinajstić information content (AvgIpc) is 2.32. The van der Waals surface area contributed by atoms with Crippen LogP contribution in [0, 0.1) is 18.6 Å². The Hall–Kier alpha value is -1.88. The predicted octanol–water partition coefficient (Wildman–Crippen LogP) is 2.23. The van der Waals surface area contributed by atoms with Crippen molar-refractivity contribution in [3.8, 4) is 11.3 Å². The number of aromatic nitrogens is 2. The number of hydrogen-bond acceptors (Lipinski definition) is 3. The fraction of sp³-hybridized carbons (Fsp3) is 0.231. The zero-order valence-corrected chi connectivity index (χ0v) is 9.95. The third kappa shape index (κ3) is 2.68. The number of hydrogen-bond donors (Lipinski definition) is 1. The van der Waals surface area contributed by atoms with Crippen molar-refractivity contribution in [1.29, 1.82) is 0 Å². The molecule has 2 N–H and O–H groups in total. The van der Waals surface area contributed by atoms with Gasteiger partial charge >= 0.3 is 0 Å². The van der Waals surface area contributed by atoms with Crippen molar-refractivity contribution in [2.45, 2.75) is 13.3 Å². The fourth-order valence-corrected chi connectivity index (χ4v) is 1.70. The predicted molar refractivity (Wildman–Crippen MR) is 64.9 cm³/mol. The number of rotatable bonds is 3. The second-order valence-corrected chi connectivity index (χ2v) is 3.97. The molecule has 18 heavy (non-hydrogen) atoms. The SMILES string of the molecule is Cc1cc(-c2cc(F)ccc2F)nc(CCN)n1. The van der Waals surface area contributed by atoms with Gasteiger partial charge in [0.2, 0.25) is 0 Å². The quantitative estimate of drug-likeness (QED) is 0.907. The number of nitrogens with two attached hydrogens (primary N) is 1. The Morgan fingerprint density at radius 1 is 1.17 bits per heavy atom. The highest BCUT2D eigenvalue weighted by atomic mass is 19.1. The van der Waals surface area contributed by atoms with Gasteiger partial charge < -0.3 is 5.73 Å². The molecule has 1 aromatic carbocycles. The highest BCUT2D eigenvalue weighted by Crippen LogP contribution is 2.22. The van der Waals surface area contributed by atoms with Crippen LogP contribution in [-0.2, 0) is 6.42 Å². The maximum atomic E-state index is 13.7. The lowest BCUT2D eigenvalue weighted by atomic mass is 10.1. The maximum absolute atomic E-state index is 13.7. The van der Waals surface area contributed by atoms with Gasteiger partial charge in [0.15, 0.2) is 0 Å². The zero-order chi connectivity index (χ0) is 13.1. The normalized spacial score (nSPS) is 10.7. The van der Waals surface area contributed by atoms with E-state index < -0.39 is 11.6 Å². The Balaban J connectivity index is 2.52. The molecule has 1 heterocycles. The second-order valence-electron chi connectivity index (χ2n) is 3.97. The zero-order valence-electron chi connectivity index (χ0n) is 9.95. The molecule has 0 aliphatic heterocycles. The van der Waals surface area contributed by atoms with Crippen molar-refractivity contribution in [3.05, 3.63) is 47.4 Å². The lowest BCUT2D eigenvalue weighted by Gasteiger charge is -2.06. The van der Waals surface area contributed by atoms with Gasteiger partial charge in [-0.3, -0.25) is 0 Å². The van der Waals surface area contributed by atoms with E-state index in [9.17, 15) is 8.78 Å². The molecule has 0 saturated carbocycles. The molecule has 2 aromatic rings. The van der Waals surface area contributed by atoms with E-state index in [0.717, 1.165) is 18.2 Å². The van der Waals surface area contributed by atoms with Crippen molar-refractivity contribution >= 4 is 0 Å². The van der Waals surface area contributed by atoms with Gasteiger partial charge in [-0.15, -0.1) is 0 Å². The van der Waals surface area contributed by atoms with Gasteiger partial charge in [0.1, 0.15) is 17.5 Å². The number of halogens is 2. The van der Waals surface area contributed by atoms with Crippen molar-refractivity contribution in [3.63, 3.8) is 0 Å². The molecule has 2 rings (SSSR count). The molecule has 0 amide bonds. The van der Waals surface area contributed by atoms with E-state index in [1.165, 1.54) is 0 Å². The molecule has 0 radical (unpaired) electrons. The molecule has 0 fully saturated rings. The monoisotopic (exact) mass is 249 g/mol. The molecule has 3 nitrogen and oxygen atoms in total. The summed E-state index contributed by atoms with van der Waals surface area (Å²) >= 11 is 0. The van der Waals surface area contributed by atoms with E-state index in [4.69, 9.17) is 5.73 Å². The topological polar surface area (TPSA) is 51.8 Å². The summed E-state index contributed by atoms with van der Waals surface area (Å²) in [6.45, 7) is 2.19. The average molecular weight is 249 g/mol. The van der Waals surface area contributed by atoms with E-state index in [1.54, 1.807) is 13.0 Å². The highest BCUT2D eigenvalue weighted by molar-refractivity contribution is 5.60. The second kappa shape index (κ2) is 5.18. The molecule has 0 atom stereocenters. The molecule has 1 aromatic heterocycles. The van der Waals surface area contributed by atoms with Crippen LogP contribution in [0.3, 0.4) is 0 Å². The van der Waals surface area contributed by atoms with Crippen LogP contribution in [0.5, 0.6) is 0 Å². The van der Waals surface area contributed by atoms with E-state index in [0.29, 0.717) is 30.2 Å². The number of aryl methyl sites for hydroxylation is 1. The van der Waals surface area contributed by atoms with Crippen LogP contribution < -0.4 is 5.73 Å². The molecular weight excluding hydrogens is 236 g/mol. The van der Waals surface area contributed by atoms with Gasteiger partial charge in [0.05, 0.1) is 5.69 Å². The first-order valence-corrected chi connectivity index (χ1v) is 5.60. The third-order valence-electron chi connectivity index (χ3n) is 2.47. The lowest BCUT2D eigenvalue weighted by Crippen LogP contribution is -2.08. The van der Waals surface area contributed by atoms with Gasteiger partial charge in [0.25, 0.3) is 0 Å². The minimum absolute atomic E-state index is 0.138. The van der Waals surface area contributed by atoms with E-state index >= 15 is 0 Å². The van der Waals surface area contributed by atoms with Crippen LogP contribution in [-0.4, -0.2) is 16.5 Å². The number of benzene rings is 1. The number of nitrogens with zero attached hydrogens (tertiary/aromatic N) is 2. The Morgan fingerprint density at radius 2 is 1.94 bits per heavy atom. The summed E-state index contributed by atoms with van der Waals surface area (Å²) in [7, 11) is 0. The molecule has 0 spiro atoms. The first-order chi connectivity index (χ1) is 8.60. The summed E-state index contributed by atoms with van der Waals surface area (Å²) in [6.07, 6.45) is 0.506. The Kier molecular flexibility index (Phi) is 3.62. The van der Waals surface area contributed by atoms with E-state index in [2.05, 4.69) is 9.97 Å². The molecule has 0 aliphatic rings. The largest absolute Gasteiger partial charge is 0.330 e. The van der Waals surface area contributed by atoms with Gasteiger partial charge in [-0.2, -0.15) is 0 Å². The summed E-state index contributed by atoms with van der Waals surface area (Å²) in [6, 6.07) is 4.92. The Labute approximate surface area is 104 Å². The molecule has 0 bridgehead atoms. The summed E-state index contributed by atoms with van der Waals surface area (Å²) in [5.74, 6) is -0.465. The molecule has 0 unspecified atom stereocenters. The van der Waals surface area contributed by atoms with Gasteiger partial charge in [0, 0.05) is 17.7 Å². The van der Waals surface area contributed by atoms with E-state index in [-0.39, 0.29) is 5.56 Å². The first kappa shape index (κ1) is 12.6.